The molecule has 0 N–H and O–H groups in total. The smallest absolute Gasteiger partial charge is 0.265 e. The average molecular weight is 375 g/mol. The first-order valence-electron chi connectivity index (χ1n) is 9.27. The number of rotatable bonds is 4. The van der Waals surface area contributed by atoms with Crippen LogP contribution < -0.4 is 4.90 Å². The third kappa shape index (κ3) is 3.76. The molecule has 0 aromatic carbocycles. The Bertz CT molecular complexity index is 731. The van der Waals surface area contributed by atoms with E-state index in [1.54, 1.807) is 0 Å². The number of nitrogens with zero attached hydrogens (tertiary/aromatic N) is 5. The standard InChI is InChI=1S/C18H25N5O2S/c1-14-16(26-18(20-14)22-9-11-25-12-10-22)17(24)21-7-3-15(4-8-21)13-23-6-2-5-19-23/h2,5-6,15H,3-4,7-13H2,1H3. The van der Waals surface area contributed by atoms with E-state index in [9.17, 15) is 4.79 Å². The van der Waals surface area contributed by atoms with E-state index in [4.69, 9.17) is 4.74 Å². The number of hydrogen-bond donors (Lipinski definition) is 0. The van der Waals surface area contributed by atoms with Crippen LogP contribution in [0.1, 0.15) is 28.2 Å². The minimum absolute atomic E-state index is 0.136. The number of likely N-dealkylation sites (tertiary alicyclic amines) is 1. The van der Waals surface area contributed by atoms with E-state index in [1.165, 1.54) is 11.3 Å². The van der Waals surface area contributed by atoms with Crippen LogP contribution in [0.15, 0.2) is 18.5 Å². The first-order chi connectivity index (χ1) is 12.7. The minimum Gasteiger partial charge on any atom is -0.378 e. The van der Waals surface area contributed by atoms with Gasteiger partial charge in [0.25, 0.3) is 5.91 Å². The molecule has 26 heavy (non-hydrogen) atoms. The number of anilines is 1. The van der Waals surface area contributed by atoms with Crippen molar-refractivity contribution in [3.05, 3.63) is 29.0 Å². The molecule has 0 atom stereocenters. The van der Waals surface area contributed by atoms with Gasteiger partial charge in [0.1, 0.15) is 4.88 Å². The number of carbonyl (C=O) groups excluding carboxylic acids is 1. The SMILES string of the molecule is Cc1nc(N2CCOCC2)sc1C(=O)N1CCC(Cn2cccn2)CC1. The Morgan fingerprint density at radius 2 is 2.04 bits per heavy atom. The molecule has 0 saturated carbocycles. The number of thiazole rings is 1. The molecule has 140 valence electrons. The lowest BCUT2D eigenvalue weighted by Gasteiger charge is -2.31. The Hall–Kier alpha value is -1.93. The van der Waals surface area contributed by atoms with Crippen LogP contribution in [0.4, 0.5) is 5.13 Å². The van der Waals surface area contributed by atoms with E-state index < -0.39 is 0 Å². The second-order valence-electron chi connectivity index (χ2n) is 6.97. The molecular formula is C18H25N5O2S. The summed E-state index contributed by atoms with van der Waals surface area (Å²) in [7, 11) is 0. The largest absolute Gasteiger partial charge is 0.378 e. The predicted octanol–water partition coefficient (Wildman–Crippen LogP) is 2.04. The molecule has 4 rings (SSSR count). The van der Waals surface area contributed by atoms with Crippen molar-refractivity contribution in [2.45, 2.75) is 26.3 Å². The summed E-state index contributed by atoms with van der Waals surface area (Å²) < 4.78 is 7.39. The molecule has 0 unspecified atom stereocenters. The number of ether oxygens (including phenoxy) is 1. The van der Waals surface area contributed by atoms with Gasteiger partial charge in [0.2, 0.25) is 0 Å². The highest BCUT2D eigenvalue weighted by Gasteiger charge is 2.27. The Balaban J connectivity index is 1.36. The van der Waals surface area contributed by atoms with Gasteiger partial charge in [-0.15, -0.1) is 0 Å². The molecule has 2 fully saturated rings. The van der Waals surface area contributed by atoms with Gasteiger partial charge in [-0.25, -0.2) is 4.98 Å². The summed E-state index contributed by atoms with van der Waals surface area (Å²) in [5.41, 5.74) is 0.847. The van der Waals surface area contributed by atoms with Crippen molar-refractivity contribution in [1.82, 2.24) is 19.7 Å². The fourth-order valence-electron chi connectivity index (χ4n) is 3.61. The van der Waals surface area contributed by atoms with Crippen molar-refractivity contribution in [3.63, 3.8) is 0 Å². The van der Waals surface area contributed by atoms with Crippen molar-refractivity contribution in [1.29, 1.82) is 0 Å². The zero-order valence-corrected chi connectivity index (χ0v) is 16.0. The molecule has 2 aromatic rings. The summed E-state index contributed by atoms with van der Waals surface area (Å²) >= 11 is 1.53. The average Bonchev–Trinajstić information content (AvgIpc) is 3.32. The fourth-order valence-corrected chi connectivity index (χ4v) is 4.69. The molecule has 0 spiro atoms. The van der Waals surface area contributed by atoms with Gasteiger partial charge in [-0.3, -0.25) is 9.48 Å². The van der Waals surface area contributed by atoms with Gasteiger partial charge in [0, 0.05) is 45.1 Å². The van der Waals surface area contributed by atoms with E-state index >= 15 is 0 Å². The van der Waals surface area contributed by atoms with Crippen LogP contribution in [-0.2, 0) is 11.3 Å². The third-order valence-corrected chi connectivity index (χ3v) is 6.37. The fraction of sp³-hybridized carbons (Fsp3) is 0.611. The maximum absolute atomic E-state index is 13.0. The summed E-state index contributed by atoms with van der Waals surface area (Å²) in [6.07, 6.45) is 5.88. The quantitative estimate of drug-likeness (QED) is 0.818. The van der Waals surface area contributed by atoms with E-state index in [1.807, 2.05) is 35.0 Å². The highest BCUT2D eigenvalue weighted by molar-refractivity contribution is 7.17. The van der Waals surface area contributed by atoms with E-state index in [0.717, 1.165) is 74.5 Å². The van der Waals surface area contributed by atoms with Crippen LogP contribution in [0.3, 0.4) is 0 Å². The van der Waals surface area contributed by atoms with Gasteiger partial charge < -0.3 is 14.5 Å². The molecule has 0 radical (unpaired) electrons. The molecule has 8 heteroatoms. The normalized spacial score (nSPS) is 19.1. The molecule has 0 bridgehead atoms. The lowest BCUT2D eigenvalue weighted by atomic mass is 9.96. The van der Waals surface area contributed by atoms with E-state index in [0.29, 0.717) is 5.92 Å². The zero-order valence-electron chi connectivity index (χ0n) is 15.1. The highest BCUT2D eigenvalue weighted by Crippen LogP contribution is 2.29. The first-order valence-corrected chi connectivity index (χ1v) is 10.1. The summed E-state index contributed by atoms with van der Waals surface area (Å²) in [6, 6.07) is 1.96. The second-order valence-corrected chi connectivity index (χ2v) is 7.95. The first kappa shape index (κ1) is 17.5. The summed E-state index contributed by atoms with van der Waals surface area (Å²) in [6.45, 7) is 7.66. The lowest BCUT2D eigenvalue weighted by Crippen LogP contribution is -2.39. The maximum Gasteiger partial charge on any atom is 0.265 e. The van der Waals surface area contributed by atoms with Crippen molar-refractivity contribution in [3.8, 4) is 0 Å². The molecule has 1 amide bonds. The molecule has 2 aliphatic rings. The van der Waals surface area contributed by atoms with Gasteiger partial charge in [-0.2, -0.15) is 5.10 Å². The summed E-state index contributed by atoms with van der Waals surface area (Å²) in [5, 5.41) is 5.23. The van der Waals surface area contributed by atoms with Gasteiger partial charge in [0.05, 0.1) is 18.9 Å². The molecule has 2 saturated heterocycles. The molecule has 2 aliphatic heterocycles. The Kier molecular flexibility index (Phi) is 5.21. The molecule has 2 aromatic heterocycles. The third-order valence-electron chi connectivity index (χ3n) is 5.17. The lowest BCUT2D eigenvalue weighted by molar-refractivity contribution is 0.0685. The number of aromatic nitrogens is 3. The number of carbonyl (C=O) groups is 1. The number of aryl methyl sites for hydroxylation is 1. The summed E-state index contributed by atoms with van der Waals surface area (Å²) in [5.74, 6) is 0.725. The zero-order chi connectivity index (χ0) is 17.9. The van der Waals surface area contributed by atoms with Crippen LogP contribution >= 0.6 is 11.3 Å². The van der Waals surface area contributed by atoms with Gasteiger partial charge in [-0.1, -0.05) is 11.3 Å². The predicted molar refractivity (Wildman–Crippen MR) is 101 cm³/mol. The van der Waals surface area contributed by atoms with Crippen molar-refractivity contribution in [2.75, 3.05) is 44.3 Å². The monoisotopic (exact) mass is 375 g/mol. The topological polar surface area (TPSA) is 63.5 Å². The Morgan fingerprint density at radius 3 is 2.73 bits per heavy atom. The van der Waals surface area contributed by atoms with Crippen molar-refractivity contribution < 1.29 is 9.53 Å². The van der Waals surface area contributed by atoms with E-state index in [-0.39, 0.29) is 5.91 Å². The Labute approximate surface area is 157 Å². The van der Waals surface area contributed by atoms with Crippen LogP contribution in [0.2, 0.25) is 0 Å². The number of piperidine rings is 1. The number of amides is 1. The minimum atomic E-state index is 0.136. The Morgan fingerprint density at radius 1 is 1.27 bits per heavy atom. The van der Waals surface area contributed by atoms with Gasteiger partial charge >= 0.3 is 0 Å². The summed E-state index contributed by atoms with van der Waals surface area (Å²) in [4.78, 5) is 22.6. The number of hydrogen-bond acceptors (Lipinski definition) is 6. The van der Waals surface area contributed by atoms with Gasteiger partial charge in [-0.05, 0) is 31.7 Å². The van der Waals surface area contributed by atoms with Crippen LogP contribution in [0.25, 0.3) is 0 Å². The second kappa shape index (κ2) is 7.75. The molecular weight excluding hydrogens is 350 g/mol. The van der Waals surface area contributed by atoms with Crippen LogP contribution in [0, 0.1) is 12.8 Å². The maximum atomic E-state index is 13.0. The number of morpholine rings is 1. The van der Waals surface area contributed by atoms with Crippen LogP contribution in [0.5, 0.6) is 0 Å². The highest BCUT2D eigenvalue weighted by atomic mass is 32.1. The van der Waals surface area contributed by atoms with Gasteiger partial charge in [0.15, 0.2) is 5.13 Å². The van der Waals surface area contributed by atoms with Crippen molar-refractivity contribution in [2.24, 2.45) is 5.92 Å². The van der Waals surface area contributed by atoms with Crippen molar-refractivity contribution >= 4 is 22.4 Å². The van der Waals surface area contributed by atoms with Crippen LogP contribution in [-0.4, -0.2) is 65.0 Å². The van der Waals surface area contributed by atoms with E-state index in [2.05, 4.69) is 15.0 Å². The molecule has 0 aliphatic carbocycles. The molecule has 4 heterocycles. The molecule has 7 nitrogen and oxygen atoms in total.